The SMILES string of the molecule is C[C@H](Cc1ccc2[nH]c(C(=O)NCC3CCCCC3)cc2c1)NC[C@H](O)c1ccc(O)c(CO)c1. The van der Waals surface area contributed by atoms with Crippen molar-refractivity contribution in [3.05, 3.63) is 64.8 Å². The first-order valence-corrected chi connectivity index (χ1v) is 12.7. The molecule has 0 radical (unpaired) electrons. The Morgan fingerprint density at radius 1 is 1.11 bits per heavy atom. The maximum atomic E-state index is 12.6. The molecular formula is C28H37N3O4. The summed E-state index contributed by atoms with van der Waals surface area (Å²) >= 11 is 0. The Morgan fingerprint density at radius 3 is 2.69 bits per heavy atom. The summed E-state index contributed by atoms with van der Waals surface area (Å²) in [5.74, 6) is 0.577. The monoisotopic (exact) mass is 479 g/mol. The van der Waals surface area contributed by atoms with Crippen molar-refractivity contribution in [1.29, 1.82) is 0 Å². The van der Waals surface area contributed by atoms with E-state index >= 15 is 0 Å². The molecule has 1 heterocycles. The van der Waals surface area contributed by atoms with Crippen molar-refractivity contribution in [3.8, 4) is 5.75 Å². The summed E-state index contributed by atoms with van der Waals surface area (Å²) in [6, 6.07) is 13.0. The first-order chi connectivity index (χ1) is 16.9. The zero-order valence-electron chi connectivity index (χ0n) is 20.4. The van der Waals surface area contributed by atoms with Gasteiger partial charge in [0.05, 0.1) is 12.7 Å². The van der Waals surface area contributed by atoms with Crippen LogP contribution in [0.3, 0.4) is 0 Å². The number of rotatable bonds is 10. The fourth-order valence-corrected chi connectivity index (χ4v) is 4.95. The van der Waals surface area contributed by atoms with Crippen molar-refractivity contribution < 1.29 is 20.1 Å². The molecule has 7 nitrogen and oxygen atoms in total. The molecule has 0 saturated heterocycles. The highest BCUT2D eigenvalue weighted by Crippen LogP contribution is 2.24. The second-order valence-corrected chi connectivity index (χ2v) is 9.89. The Labute approximate surface area is 206 Å². The van der Waals surface area contributed by atoms with E-state index in [0.29, 0.717) is 29.3 Å². The van der Waals surface area contributed by atoms with Crippen molar-refractivity contribution in [2.75, 3.05) is 13.1 Å². The summed E-state index contributed by atoms with van der Waals surface area (Å²) in [5.41, 5.74) is 3.73. The quantitative estimate of drug-likeness (QED) is 0.263. The normalized spacial score (nSPS) is 16.3. The van der Waals surface area contributed by atoms with Gasteiger partial charge in [0.1, 0.15) is 11.4 Å². The molecule has 1 saturated carbocycles. The van der Waals surface area contributed by atoms with Crippen LogP contribution in [-0.4, -0.2) is 45.3 Å². The molecule has 1 aliphatic carbocycles. The predicted molar refractivity (Wildman–Crippen MR) is 137 cm³/mol. The third-order valence-corrected chi connectivity index (χ3v) is 7.07. The van der Waals surface area contributed by atoms with Gasteiger partial charge in [-0.2, -0.15) is 0 Å². The van der Waals surface area contributed by atoms with Gasteiger partial charge in [-0.3, -0.25) is 4.79 Å². The molecular weight excluding hydrogens is 442 g/mol. The smallest absolute Gasteiger partial charge is 0.267 e. The van der Waals surface area contributed by atoms with Crippen LogP contribution < -0.4 is 10.6 Å². The Hall–Kier alpha value is -2.87. The van der Waals surface area contributed by atoms with E-state index in [2.05, 4.69) is 34.7 Å². The van der Waals surface area contributed by atoms with Gasteiger partial charge in [-0.25, -0.2) is 0 Å². The number of H-pyrrole nitrogens is 1. The fraction of sp³-hybridized carbons (Fsp3) is 0.464. The lowest BCUT2D eigenvalue weighted by atomic mass is 9.89. The molecule has 2 aromatic carbocycles. The summed E-state index contributed by atoms with van der Waals surface area (Å²) in [4.78, 5) is 15.9. The molecule has 6 N–H and O–H groups in total. The van der Waals surface area contributed by atoms with Gasteiger partial charge >= 0.3 is 0 Å². The first-order valence-electron chi connectivity index (χ1n) is 12.7. The number of fused-ring (bicyclic) bond motifs is 1. The van der Waals surface area contributed by atoms with Gasteiger partial charge in [0, 0.05) is 35.6 Å². The summed E-state index contributed by atoms with van der Waals surface area (Å²) in [6.45, 7) is 2.89. The van der Waals surface area contributed by atoms with Gasteiger partial charge in [-0.1, -0.05) is 31.4 Å². The molecule has 1 fully saturated rings. The molecule has 1 amide bonds. The number of carbonyl (C=O) groups is 1. The maximum Gasteiger partial charge on any atom is 0.267 e. The topological polar surface area (TPSA) is 118 Å². The second-order valence-electron chi connectivity index (χ2n) is 9.89. The standard InChI is InChI=1S/C28H37N3O4/c1-18(29-16-27(34)21-8-10-26(33)23(13-21)17-32)11-20-7-9-24-22(12-20)14-25(31-24)28(35)30-15-19-5-3-2-4-6-19/h7-10,12-14,18-19,27,29,31-34H,2-6,11,15-17H2,1H3,(H,30,35)/t18-,27+/m1/s1. The lowest BCUT2D eigenvalue weighted by Crippen LogP contribution is -2.32. The highest BCUT2D eigenvalue weighted by atomic mass is 16.3. The van der Waals surface area contributed by atoms with Crippen molar-refractivity contribution >= 4 is 16.8 Å². The van der Waals surface area contributed by atoms with Crippen LogP contribution in [0.15, 0.2) is 42.5 Å². The number of hydrogen-bond donors (Lipinski definition) is 6. The molecule has 7 heteroatoms. The van der Waals surface area contributed by atoms with E-state index < -0.39 is 6.10 Å². The summed E-state index contributed by atoms with van der Waals surface area (Å²) in [7, 11) is 0. The molecule has 188 valence electrons. The van der Waals surface area contributed by atoms with E-state index in [1.54, 1.807) is 12.1 Å². The Bertz CT molecular complexity index is 1140. The van der Waals surface area contributed by atoms with Crippen molar-refractivity contribution in [1.82, 2.24) is 15.6 Å². The number of nitrogens with one attached hydrogen (secondary N) is 3. The van der Waals surface area contributed by atoms with Crippen LogP contribution in [0.1, 0.15) is 72.3 Å². The van der Waals surface area contributed by atoms with Crippen LogP contribution in [0.25, 0.3) is 10.9 Å². The van der Waals surface area contributed by atoms with Crippen LogP contribution in [0.4, 0.5) is 0 Å². The zero-order chi connectivity index (χ0) is 24.8. The maximum absolute atomic E-state index is 12.6. The lowest BCUT2D eigenvalue weighted by Gasteiger charge is -2.21. The van der Waals surface area contributed by atoms with E-state index in [1.165, 1.54) is 38.2 Å². The molecule has 1 aliphatic rings. The number of phenols is 1. The number of aliphatic hydroxyl groups excluding tert-OH is 2. The minimum atomic E-state index is -0.745. The number of hydrogen-bond acceptors (Lipinski definition) is 5. The van der Waals surface area contributed by atoms with Crippen LogP contribution in [0.2, 0.25) is 0 Å². The Kier molecular flexibility index (Phi) is 8.44. The average molecular weight is 480 g/mol. The molecule has 2 atom stereocenters. The number of benzene rings is 2. The number of aromatic nitrogens is 1. The average Bonchev–Trinajstić information content (AvgIpc) is 3.30. The number of aromatic amines is 1. The lowest BCUT2D eigenvalue weighted by molar-refractivity contribution is 0.0939. The van der Waals surface area contributed by atoms with Crippen LogP contribution in [-0.2, 0) is 13.0 Å². The summed E-state index contributed by atoms with van der Waals surface area (Å²) in [6.07, 6.45) is 6.29. The number of aromatic hydroxyl groups is 1. The van der Waals surface area contributed by atoms with Crippen LogP contribution in [0, 0.1) is 5.92 Å². The van der Waals surface area contributed by atoms with Crippen LogP contribution in [0.5, 0.6) is 5.75 Å². The molecule has 0 spiro atoms. The molecule has 0 aliphatic heterocycles. The van der Waals surface area contributed by atoms with Gasteiger partial charge in [0.15, 0.2) is 0 Å². The highest BCUT2D eigenvalue weighted by Gasteiger charge is 2.16. The minimum absolute atomic E-state index is 0.0230. The van der Waals surface area contributed by atoms with E-state index in [-0.39, 0.29) is 24.3 Å². The summed E-state index contributed by atoms with van der Waals surface area (Å²) < 4.78 is 0. The minimum Gasteiger partial charge on any atom is -0.508 e. The van der Waals surface area contributed by atoms with E-state index in [0.717, 1.165) is 29.4 Å². The third kappa shape index (κ3) is 6.63. The van der Waals surface area contributed by atoms with Gasteiger partial charge in [-0.05, 0) is 73.6 Å². The molecule has 1 aromatic heterocycles. The fourth-order valence-electron chi connectivity index (χ4n) is 4.95. The molecule has 3 aromatic rings. The molecule has 35 heavy (non-hydrogen) atoms. The van der Waals surface area contributed by atoms with Crippen molar-refractivity contribution in [2.24, 2.45) is 5.92 Å². The highest BCUT2D eigenvalue weighted by molar-refractivity contribution is 5.98. The Balaban J connectivity index is 1.30. The van der Waals surface area contributed by atoms with E-state index in [4.69, 9.17) is 0 Å². The summed E-state index contributed by atoms with van der Waals surface area (Å²) in [5, 5.41) is 37.0. The van der Waals surface area contributed by atoms with E-state index in [1.807, 2.05) is 12.1 Å². The Morgan fingerprint density at radius 2 is 1.91 bits per heavy atom. The van der Waals surface area contributed by atoms with Crippen molar-refractivity contribution in [2.45, 2.75) is 64.2 Å². The molecule has 0 bridgehead atoms. The number of carbonyl (C=O) groups excluding carboxylic acids is 1. The zero-order valence-corrected chi connectivity index (χ0v) is 20.4. The van der Waals surface area contributed by atoms with Gasteiger partial charge in [0.2, 0.25) is 0 Å². The third-order valence-electron chi connectivity index (χ3n) is 7.07. The molecule has 0 unspecified atom stereocenters. The van der Waals surface area contributed by atoms with Gasteiger partial charge in [0.25, 0.3) is 5.91 Å². The number of aliphatic hydroxyl groups is 2. The predicted octanol–water partition coefficient (Wildman–Crippen LogP) is 3.93. The second kappa shape index (κ2) is 11.7. The first kappa shape index (κ1) is 25.2. The van der Waals surface area contributed by atoms with Gasteiger partial charge in [-0.15, -0.1) is 0 Å². The number of amides is 1. The van der Waals surface area contributed by atoms with E-state index in [9.17, 15) is 20.1 Å². The van der Waals surface area contributed by atoms with Crippen molar-refractivity contribution in [3.63, 3.8) is 0 Å². The molecule has 4 rings (SSSR count). The van der Waals surface area contributed by atoms with Crippen LogP contribution >= 0.6 is 0 Å². The van der Waals surface area contributed by atoms with Gasteiger partial charge < -0.3 is 30.9 Å². The largest absolute Gasteiger partial charge is 0.508 e.